The number of hydrogen-bond donors (Lipinski definition) is 2. The summed E-state index contributed by atoms with van der Waals surface area (Å²) in [5.41, 5.74) is -0.602. The van der Waals surface area contributed by atoms with Crippen LogP contribution in [0, 0.1) is 0 Å². The molecule has 7 nitrogen and oxygen atoms in total. The molecule has 2 rings (SSSR count). The molecule has 32 heavy (non-hydrogen) atoms. The van der Waals surface area contributed by atoms with Crippen molar-refractivity contribution in [2.45, 2.75) is 19.5 Å². The minimum Gasteiger partial charge on any atom is -0.497 e. The van der Waals surface area contributed by atoms with Gasteiger partial charge in [0, 0.05) is 17.8 Å². The molecule has 0 unspecified atom stereocenters. The van der Waals surface area contributed by atoms with Crippen LogP contribution in [-0.4, -0.2) is 49.4 Å². The molecule has 3 amide bonds. The molecule has 0 saturated heterocycles. The Balaban J connectivity index is 1.94. The van der Waals surface area contributed by atoms with E-state index in [1.54, 1.807) is 31.2 Å². The molecule has 0 saturated carbocycles. The summed E-state index contributed by atoms with van der Waals surface area (Å²) < 4.78 is 43.8. The summed E-state index contributed by atoms with van der Waals surface area (Å²) in [5, 5.41) is 5.01. The second-order valence-corrected chi connectivity index (χ2v) is 6.86. The molecule has 0 aromatic heterocycles. The smallest absolute Gasteiger partial charge is 0.416 e. The maximum absolute atomic E-state index is 12.9. The van der Waals surface area contributed by atoms with Crippen LogP contribution in [0.5, 0.6) is 5.75 Å². The van der Waals surface area contributed by atoms with Crippen molar-refractivity contribution in [1.82, 2.24) is 10.2 Å². The van der Waals surface area contributed by atoms with E-state index in [1.165, 1.54) is 13.2 Å². The molecular weight excluding hydrogens is 427 g/mol. The fraction of sp³-hybridized carbons (Fsp3) is 0.318. The van der Waals surface area contributed by atoms with Gasteiger partial charge in [-0.15, -0.1) is 0 Å². The highest BCUT2D eigenvalue weighted by Crippen LogP contribution is 2.29. The second-order valence-electron chi connectivity index (χ2n) is 6.86. The number of anilines is 1. The summed E-state index contributed by atoms with van der Waals surface area (Å²) in [6.45, 7) is 1.22. The Morgan fingerprint density at radius 1 is 1.03 bits per heavy atom. The number of nitrogens with one attached hydrogen (secondary N) is 2. The number of carbonyl (C=O) groups is 3. The number of hydrogen-bond acceptors (Lipinski definition) is 4. The molecule has 10 heteroatoms. The van der Waals surface area contributed by atoms with Gasteiger partial charge in [-0.05, 0) is 48.9 Å². The van der Waals surface area contributed by atoms with Crippen molar-refractivity contribution < 1.29 is 32.3 Å². The largest absolute Gasteiger partial charge is 0.497 e. The Bertz CT molecular complexity index is 946. The Morgan fingerprint density at radius 2 is 1.72 bits per heavy atom. The summed E-state index contributed by atoms with van der Waals surface area (Å²) in [6.07, 6.45) is -4.09. The Morgan fingerprint density at radius 3 is 2.31 bits per heavy atom. The molecule has 0 radical (unpaired) electrons. The van der Waals surface area contributed by atoms with Crippen LogP contribution in [0.25, 0.3) is 0 Å². The number of methoxy groups -OCH3 is 1. The van der Waals surface area contributed by atoms with Crippen molar-refractivity contribution in [1.29, 1.82) is 0 Å². The Hall–Kier alpha value is -3.56. The molecule has 0 bridgehead atoms. The predicted octanol–water partition coefficient (Wildman–Crippen LogP) is 3.32. The molecule has 0 aliphatic rings. The third-order valence-corrected chi connectivity index (χ3v) is 4.37. The van der Waals surface area contributed by atoms with Gasteiger partial charge in [0.05, 0.1) is 25.8 Å². The van der Waals surface area contributed by atoms with Gasteiger partial charge in [0.15, 0.2) is 0 Å². The molecule has 2 aromatic rings. The predicted molar refractivity (Wildman–Crippen MR) is 112 cm³/mol. The summed E-state index contributed by atoms with van der Waals surface area (Å²) in [6, 6.07) is 10.6. The lowest BCUT2D eigenvalue weighted by Crippen LogP contribution is -2.43. The number of rotatable bonds is 9. The van der Waals surface area contributed by atoms with Crippen molar-refractivity contribution in [3.8, 4) is 5.75 Å². The topological polar surface area (TPSA) is 87.7 Å². The molecule has 0 atom stereocenters. The van der Waals surface area contributed by atoms with E-state index in [2.05, 4.69) is 10.6 Å². The summed E-state index contributed by atoms with van der Waals surface area (Å²) >= 11 is 0. The van der Waals surface area contributed by atoms with Crippen LogP contribution in [0.1, 0.15) is 29.3 Å². The first-order valence-electron chi connectivity index (χ1n) is 9.81. The maximum Gasteiger partial charge on any atom is 0.416 e. The molecule has 2 aromatic carbocycles. The zero-order chi connectivity index (χ0) is 23.7. The van der Waals surface area contributed by atoms with E-state index in [9.17, 15) is 27.6 Å². The second kappa shape index (κ2) is 11.2. The SMILES string of the molecule is CCCN(CC(=O)NCC(=O)Nc1ccc(OC)cc1)C(=O)c1cccc(C(F)(F)F)c1. The van der Waals surface area contributed by atoms with Crippen molar-refractivity contribution >= 4 is 23.4 Å². The van der Waals surface area contributed by atoms with Crippen molar-refractivity contribution in [2.75, 3.05) is 32.1 Å². The van der Waals surface area contributed by atoms with Crippen LogP contribution >= 0.6 is 0 Å². The van der Waals surface area contributed by atoms with Crippen molar-refractivity contribution in [2.24, 2.45) is 0 Å². The van der Waals surface area contributed by atoms with Gasteiger partial charge in [0.25, 0.3) is 5.91 Å². The average Bonchev–Trinajstić information content (AvgIpc) is 2.77. The zero-order valence-corrected chi connectivity index (χ0v) is 17.7. The van der Waals surface area contributed by atoms with Gasteiger partial charge >= 0.3 is 6.18 Å². The highest BCUT2D eigenvalue weighted by atomic mass is 19.4. The Kier molecular flexibility index (Phi) is 8.62. The lowest BCUT2D eigenvalue weighted by atomic mass is 10.1. The molecule has 172 valence electrons. The van der Waals surface area contributed by atoms with Crippen LogP contribution in [0.15, 0.2) is 48.5 Å². The summed E-state index contributed by atoms with van der Waals surface area (Å²) in [4.78, 5) is 38.1. The van der Waals surface area contributed by atoms with Crippen LogP contribution in [0.3, 0.4) is 0 Å². The van der Waals surface area contributed by atoms with Crippen LogP contribution in [0.2, 0.25) is 0 Å². The molecule has 0 aliphatic heterocycles. The van der Waals surface area contributed by atoms with Crippen LogP contribution < -0.4 is 15.4 Å². The van der Waals surface area contributed by atoms with E-state index in [1.807, 2.05) is 0 Å². The summed E-state index contributed by atoms with van der Waals surface area (Å²) in [5.74, 6) is -1.16. The lowest BCUT2D eigenvalue weighted by molar-refractivity contribution is -0.137. The van der Waals surface area contributed by atoms with E-state index >= 15 is 0 Å². The van der Waals surface area contributed by atoms with Gasteiger partial charge in [-0.1, -0.05) is 13.0 Å². The normalized spacial score (nSPS) is 10.9. The third kappa shape index (κ3) is 7.29. The Labute approximate surface area is 183 Å². The number of carbonyl (C=O) groups excluding carboxylic acids is 3. The van der Waals surface area contributed by atoms with E-state index in [-0.39, 0.29) is 18.7 Å². The van der Waals surface area contributed by atoms with E-state index in [0.29, 0.717) is 17.9 Å². The summed E-state index contributed by atoms with van der Waals surface area (Å²) in [7, 11) is 1.52. The van der Waals surface area contributed by atoms with E-state index in [4.69, 9.17) is 4.74 Å². The first-order valence-corrected chi connectivity index (χ1v) is 9.81. The van der Waals surface area contributed by atoms with Crippen LogP contribution in [0.4, 0.5) is 18.9 Å². The van der Waals surface area contributed by atoms with Gasteiger partial charge in [-0.2, -0.15) is 13.2 Å². The number of halogens is 3. The maximum atomic E-state index is 12.9. The quantitative estimate of drug-likeness (QED) is 0.612. The number of alkyl halides is 3. The minimum atomic E-state index is -4.58. The third-order valence-electron chi connectivity index (χ3n) is 4.37. The minimum absolute atomic E-state index is 0.167. The van der Waals surface area contributed by atoms with Gasteiger partial charge in [0.1, 0.15) is 5.75 Å². The van der Waals surface area contributed by atoms with Gasteiger partial charge in [-0.3, -0.25) is 14.4 Å². The molecule has 0 aliphatic carbocycles. The van der Waals surface area contributed by atoms with Gasteiger partial charge in [0.2, 0.25) is 11.8 Å². The molecule has 0 spiro atoms. The number of nitrogens with zero attached hydrogens (tertiary/aromatic N) is 1. The first-order chi connectivity index (χ1) is 15.1. The molecule has 0 fully saturated rings. The van der Waals surface area contributed by atoms with Crippen molar-refractivity contribution in [3.63, 3.8) is 0 Å². The molecular formula is C22H24F3N3O4. The highest BCUT2D eigenvalue weighted by Gasteiger charge is 2.31. The van der Waals surface area contributed by atoms with E-state index < -0.39 is 36.0 Å². The number of amides is 3. The highest BCUT2D eigenvalue weighted by molar-refractivity contribution is 5.98. The standard InChI is InChI=1S/C22H24F3N3O4/c1-3-11-28(21(31)15-5-4-6-16(12-15)22(23,24)25)14-20(30)26-13-19(29)27-17-7-9-18(32-2)10-8-17/h4-10,12H,3,11,13-14H2,1-2H3,(H,26,30)(H,27,29). The van der Waals surface area contributed by atoms with Crippen molar-refractivity contribution in [3.05, 3.63) is 59.7 Å². The van der Waals surface area contributed by atoms with Gasteiger partial charge in [-0.25, -0.2) is 0 Å². The number of ether oxygens (including phenoxy) is 1. The fourth-order valence-electron chi connectivity index (χ4n) is 2.82. The van der Waals surface area contributed by atoms with E-state index in [0.717, 1.165) is 23.1 Å². The van der Waals surface area contributed by atoms with Gasteiger partial charge < -0.3 is 20.3 Å². The zero-order valence-electron chi connectivity index (χ0n) is 17.7. The lowest BCUT2D eigenvalue weighted by Gasteiger charge is -2.22. The monoisotopic (exact) mass is 451 g/mol. The average molecular weight is 451 g/mol. The first kappa shape index (κ1) is 24.7. The van der Waals surface area contributed by atoms with Crippen LogP contribution in [-0.2, 0) is 15.8 Å². The number of benzene rings is 2. The fourth-order valence-corrected chi connectivity index (χ4v) is 2.82. The molecule has 0 heterocycles. The molecule has 2 N–H and O–H groups in total.